The molecule has 14 heavy (non-hydrogen) atoms. The van der Waals surface area contributed by atoms with Gasteiger partial charge < -0.3 is 9.47 Å². The molecule has 0 bridgehead atoms. The molecule has 0 aliphatic heterocycles. The Balaban J connectivity index is 4.24. The Bertz CT molecular complexity index is 220. The van der Waals surface area contributed by atoms with Crippen molar-refractivity contribution in [1.82, 2.24) is 0 Å². The van der Waals surface area contributed by atoms with Gasteiger partial charge in [-0.2, -0.15) is 0 Å². The van der Waals surface area contributed by atoms with Crippen molar-refractivity contribution in [3.8, 4) is 0 Å². The van der Waals surface area contributed by atoms with Crippen LogP contribution in [0.4, 0.5) is 0 Å². The highest BCUT2D eigenvalue weighted by Crippen LogP contribution is 2.12. The van der Waals surface area contributed by atoms with E-state index >= 15 is 0 Å². The molecule has 1 unspecified atom stereocenters. The summed E-state index contributed by atoms with van der Waals surface area (Å²) < 4.78 is 9.06. The van der Waals surface area contributed by atoms with E-state index in [2.05, 4.69) is 9.47 Å². The van der Waals surface area contributed by atoms with E-state index in [9.17, 15) is 9.59 Å². The first-order valence-electron chi connectivity index (χ1n) is 4.41. The van der Waals surface area contributed by atoms with E-state index in [1.165, 1.54) is 14.2 Å². The van der Waals surface area contributed by atoms with Gasteiger partial charge in [-0.25, -0.2) is 0 Å². The molecule has 0 spiro atoms. The molecule has 4 heteroatoms. The minimum atomic E-state index is -0.441. The molecule has 0 heterocycles. The number of hydrogen-bond donors (Lipinski definition) is 0. The number of carbonyl (C=O) groups excluding carboxylic acids is 2. The summed E-state index contributed by atoms with van der Waals surface area (Å²) >= 11 is 0. The van der Waals surface area contributed by atoms with Gasteiger partial charge in [-0.05, 0) is 13.3 Å². The Kier molecular flexibility index (Phi) is 6.45. The fourth-order valence-electron chi connectivity index (χ4n) is 1.01. The van der Waals surface area contributed by atoms with Crippen LogP contribution in [-0.4, -0.2) is 26.2 Å². The van der Waals surface area contributed by atoms with Gasteiger partial charge in [-0.15, -0.1) is 0 Å². The lowest BCUT2D eigenvalue weighted by Crippen LogP contribution is -2.20. The third-order valence-corrected chi connectivity index (χ3v) is 1.83. The molecular formula is C10H16O4. The highest BCUT2D eigenvalue weighted by molar-refractivity contribution is 5.79. The molecule has 1 atom stereocenters. The second-order valence-electron chi connectivity index (χ2n) is 2.81. The van der Waals surface area contributed by atoms with Gasteiger partial charge in [0.25, 0.3) is 0 Å². The predicted molar refractivity (Wildman–Crippen MR) is 51.6 cm³/mol. The van der Waals surface area contributed by atoms with E-state index < -0.39 is 11.9 Å². The fraction of sp³-hybridized carbons (Fsp3) is 0.600. The van der Waals surface area contributed by atoms with Crippen LogP contribution >= 0.6 is 0 Å². The van der Waals surface area contributed by atoms with Crippen LogP contribution in [0, 0.1) is 5.92 Å². The summed E-state index contributed by atoms with van der Waals surface area (Å²) in [5, 5.41) is 0. The summed E-state index contributed by atoms with van der Waals surface area (Å²) in [5.74, 6) is -1.22. The molecule has 0 aromatic rings. The summed E-state index contributed by atoms with van der Waals surface area (Å²) in [7, 11) is 2.61. The summed E-state index contributed by atoms with van der Waals surface area (Å²) in [5.41, 5.74) is 0. The zero-order chi connectivity index (χ0) is 11.0. The molecule has 0 saturated carbocycles. The Morgan fingerprint density at radius 3 is 2.36 bits per heavy atom. The third kappa shape index (κ3) is 4.64. The molecule has 0 amide bonds. The molecule has 0 aromatic carbocycles. The van der Waals surface area contributed by atoms with Gasteiger partial charge in [-0.3, -0.25) is 9.59 Å². The number of esters is 2. The minimum Gasteiger partial charge on any atom is -0.469 e. The van der Waals surface area contributed by atoms with Crippen LogP contribution in [0.5, 0.6) is 0 Å². The van der Waals surface area contributed by atoms with Crippen molar-refractivity contribution < 1.29 is 19.1 Å². The molecule has 0 fully saturated rings. The molecule has 0 radical (unpaired) electrons. The van der Waals surface area contributed by atoms with Crippen LogP contribution in [-0.2, 0) is 19.1 Å². The van der Waals surface area contributed by atoms with Crippen molar-refractivity contribution >= 4 is 11.9 Å². The summed E-state index contributed by atoms with van der Waals surface area (Å²) in [6, 6.07) is 0. The van der Waals surface area contributed by atoms with Crippen molar-refractivity contribution in [2.75, 3.05) is 14.2 Å². The van der Waals surface area contributed by atoms with Gasteiger partial charge in [-0.1, -0.05) is 12.2 Å². The third-order valence-electron chi connectivity index (χ3n) is 1.83. The maximum atomic E-state index is 11.2. The predicted octanol–water partition coefficient (Wildman–Crippen LogP) is 1.30. The monoisotopic (exact) mass is 200 g/mol. The molecule has 0 saturated heterocycles. The summed E-state index contributed by atoms with van der Waals surface area (Å²) in [6.45, 7) is 1.85. The topological polar surface area (TPSA) is 52.6 Å². The molecule has 0 aromatic heterocycles. The molecule has 4 nitrogen and oxygen atoms in total. The lowest BCUT2D eigenvalue weighted by Gasteiger charge is -2.10. The van der Waals surface area contributed by atoms with Crippen molar-refractivity contribution in [3.05, 3.63) is 12.2 Å². The second-order valence-corrected chi connectivity index (χ2v) is 2.81. The van der Waals surface area contributed by atoms with Crippen molar-refractivity contribution in [2.24, 2.45) is 5.92 Å². The van der Waals surface area contributed by atoms with E-state index in [1.807, 2.05) is 19.1 Å². The van der Waals surface area contributed by atoms with Crippen LogP contribution < -0.4 is 0 Å². The second kappa shape index (κ2) is 7.12. The lowest BCUT2D eigenvalue weighted by molar-refractivity contribution is -0.151. The molecule has 0 N–H and O–H groups in total. The zero-order valence-electron chi connectivity index (χ0n) is 8.78. The molecule has 0 aliphatic carbocycles. The standard InChI is InChI=1S/C10H16O4/c1-4-5-6-8(10(12)14-3)7-9(11)13-2/h4-5,8H,6-7H2,1-3H3/b5-4-. The summed E-state index contributed by atoms with van der Waals surface area (Å²) in [4.78, 5) is 22.2. The number of allylic oxidation sites excluding steroid dienone is 2. The Hall–Kier alpha value is -1.32. The van der Waals surface area contributed by atoms with Crippen molar-refractivity contribution in [1.29, 1.82) is 0 Å². The average molecular weight is 200 g/mol. The number of hydrogen-bond acceptors (Lipinski definition) is 4. The minimum absolute atomic E-state index is 0.0630. The Labute approximate surface area is 83.9 Å². The number of methoxy groups -OCH3 is 2. The molecule has 0 rings (SSSR count). The van der Waals surface area contributed by atoms with E-state index in [0.29, 0.717) is 6.42 Å². The number of rotatable bonds is 5. The largest absolute Gasteiger partial charge is 0.469 e. The van der Waals surface area contributed by atoms with E-state index in [-0.39, 0.29) is 12.4 Å². The first-order valence-corrected chi connectivity index (χ1v) is 4.41. The van der Waals surface area contributed by atoms with Crippen molar-refractivity contribution in [2.45, 2.75) is 19.8 Å². The smallest absolute Gasteiger partial charge is 0.309 e. The van der Waals surface area contributed by atoms with Gasteiger partial charge in [0, 0.05) is 0 Å². The highest BCUT2D eigenvalue weighted by Gasteiger charge is 2.21. The normalized spacial score (nSPS) is 12.5. The zero-order valence-corrected chi connectivity index (χ0v) is 8.78. The van der Waals surface area contributed by atoms with Crippen molar-refractivity contribution in [3.63, 3.8) is 0 Å². The van der Waals surface area contributed by atoms with Crippen LogP contribution in [0.15, 0.2) is 12.2 Å². The number of ether oxygens (including phenoxy) is 2. The van der Waals surface area contributed by atoms with Gasteiger partial charge in [0.05, 0.1) is 26.6 Å². The van der Waals surface area contributed by atoms with Crippen LogP contribution in [0.1, 0.15) is 19.8 Å². The van der Waals surface area contributed by atoms with Gasteiger partial charge in [0.1, 0.15) is 0 Å². The first kappa shape index (κ1) is 12.7. The van der Waals surface area contributed by atoms with E-state index in [4.69, 9.17) is 0 Å². The van der Waals surface area contributed by atoms with Crippen LogP contribution in [0.25, 0.3) is 0 Å². The fourth-order valence-corrected chi connectivity index (χ4v) is 1.01. The van der Waals surface area contributed by atoms with Gasteiger partial charge in [0.15, 0.2) is 0 Å². The molecular weight excluding hydrogens is 184 g/mol. The SMILES string of the molecule is C/C=C\CC(CC(=O)OC)C(=O)OC. The Morgan fingerprint density at radius 2 is 1.93 bits per heavy atom. The molecule has 0 aliphatic rings. The van der Waals surface area contributed by atoms with Crippen LogP contribution in [0.3, 0.4) is 0 Å². The maximum Gasteiger partial charge on any atom is 0.309 e. The lowest BCUT2D eigenvalue weighted by atomic mass is 10.0. The summed E-state index contributed by atoms with van der Waals surface area (Å²) in [6.07, 6.45) is 4.21. The van der Waals surface area contributed by atoms with Crippen LogP contribution in [0.2, 0.25) is 0 Å². The highest BCUT2D eigenvalue weighted by atomic mass is 16.5. The van der Waals surface area contributed by atoms with Gasteiger partial charge >= 0.3 is 11.9 Å². The number of carbonyl (C=O) groups is 2. The quantitative estimate of drug-likeness (QED) is 0.496. The van der Waals surface area contributed by atoms with E-state index in [1.54, 1.807) is 0 Å². The van der Waals surface area contributed by atoms with E-state index in [0.717, 1.165) is 0 Å². The maximum absolute atomic E-state index is 11.2. The van der Waals surface area contributed by atoms with Gasteiger partial charge in [0.2, 0.25) is 0 Å². The first-order chi connectivity index (χ1) is 6.65. The average Bonchev–Trinajstić information content (AvgIpc) is 2.22. The Morgan fingerprint density at radius 1 is 1.29 bits per heavy atom. The molecule has 80 valence electrons.